The zero-order chi connectivity index (χ0) is 36.8. The van der Waals surface area contributed by atoms with Gasteiger partial charge in [-0.3, -0.25) is 15.0 Å². The zero-order valence-corrected chi connectivity index (χ0v) is 25.7. The van der Waals surface area contributed by atoms with Crippen LogP contribution in [0.25, 0.3) is 10.8 Å². The minimum absolute atomic E-state index is 0.0537. The Bertz CT molecular complexity index is 1790. The minimum Gasteiger partial charge on any atom is -0.475 e. The fourth-order valence-corrected chi connectivity index (χ4v) is 6.40. The molecule has 1 aliphatic heterocycles. The van der Waals surface area contributed by atoms with Crippen molar-refractivity contribution in [2.24, 2.45) is 11.5 Å². The summed E-state index contributed by atoms with van der Waals surface area (Å²) in [6, 6.07) is 10.4. The Balaban J connectivity index is 0.000000479. The lowest BCUT2D eigenvalue weighted by Crippen LogP contribution is -2.48. The summed E-state index contributed by atoms with van der Waals surface area (Å²) in [7, 11) is -4.22. The summed E-state index contributed by atoms with van der Waals surface area (Å²) >= 11 is 1.30. The van der Waals surface area contributed by atoms with Gasteiger partial charge in [0.05, 0.1) is 16.3 Å². The van der Waals surface area contributed by atoms with Crippen LogP contribution in [0.15, 0.2) is 52.7 Å². The van der Waals surface area contributed by atoms with Crippen LogP contribution in [0.2, 0.25) is 0 Å². The van der Waals surface area contributed by atoms with E-state index in [0.717, 1.165) is 15.3 Å². The summed E-state index contributed by atoms with van der Waals surface area (Å²) in [4.78, 5) is 44.8. The van der Waals surface area contributed by atoms with Gasteiger partial charge in [-0.25, -0.2) is 18.0 Å². The van der Waals surface area contributed by atoms with E-state index in [2.05, 4.69) is 0 Å². The van der Waals surface area contributed by atoms with E-state index in [1.165, 1.54) is 28.4 Å². The third-order valence-electron chi connectivity index (χ3n) is 6.15. The van der Waals surface area contributed by atoms with Gasteiger partial charge in [0, 0.05) is 18.8 Å². The minimum atomic E-state index is -5.08. The average Bonchev–Trinajstić information content (AvgIpc) is 3.58. The summed E-state index contributed by atoms with van der Waals surface area (Å²) in [5.41, 5.74) is 18.0. The normalized spacial score (nSPS) is 14.9. The second kappa shape index (κ2) is 15.3. The molecule has 1 fully saturated rings. The number of anilines is 1. The molecule has 1 aromatic heterocycles. The molecule has 3 aromatic rings. The van der Waals surface area contributed by atoms with Gasteiger partial charge in [0.25, 0.3) is 0 Å². The number of carbonyl (C=O) groups excluding carboxylic acids is 2. The van der Waals surface area contributed by atoms with Gasteiger partial charge in [0.1, 0.15) is 11.9 Å². The van der Waals surface area contributed by atoms with Gasteiger partial charge in [0.15, 0.2) is 0 Å². The molecule has 9 N–H and O–H groups in total. The highest BCUT2D eigenvalue weighted by Crippen LogP contribution is 2.29. The maximum absolute atomic E-state index is 13.6. The predicted octanol–water partition coefficient (Wildman–Crippen LogP) is 2.31. The molecule has 14 nitrogen and oxygen atoms in total. The molecule has 262 valence electrons. The van der Waals surface area contributed by atoms with E-state index in [1.807, 2.05) is 0 Å². The lowest BCUT2D eigenvalue weighted by molar-refractivity contribution is -0.193. The first kappa shape index (κ1) is 39.2. The van der Waals surface area contributed by atoms with E-state index < -0.39 is 58.7 Å². The number of amidine groups is 1. The molecule has 1 atom stereocenters. The zero-order valence-electron chi connectivity index (χ0n) is 24.1. The Morgan fingerprint density at radius 2 is 1.50 bits per heavy atom. The highest BCUT2D eigenvalue weighted by atomic mass is 32.2. The number of carbonyl (C=O) groups is 4. The van der Waals surface area contributed by atoms with Crippen molar-refractivity contribution in [3.8, 4) is 0 Å². The van der Waals surface area contributed by atoms with Gasteiger partial charge in [-0.05, 0) is 58.5 Å². The molecule has 22 heteroatoms. The van der Waals surface area contributed by atoms with Crippen molar-refractivity contribution in [1.82, 2.24) is 9.21 Å². The van der Waals surface area contributed by atoms with Gasteiger partial charge >= 0.3 is 24.3 Å². The summed E-state index contributed by atoms with van der Waals surface area (Å²) in [6.45, 7) is -0.0545. The summed E-state index contributed by atoms with van der Waals surface area (Å²) in [5, 5.41) is 25.0. The Morgan fingerprint density at radius 1 is 0.958 bits per heavy atom. The van der Waals surface area contributed by atoms with Crippen LogP contribution < -0.4 is 17.2 Å². The fraction of sp³-hybridized carbons (Fsp3) is 0.269. The summed E-state index contributed by atoms with van der Waals surface area (Å²) in [6.07, 6.45) is -9.95. The van der Waals surface area contributed by atoms with Crippen molar-refractivity contribution in [3.05, 3.63) is 58.3 Å². The van der Waals surface area contributed by atoms with Crippen LogP contribution in [0, 0.1) is 5.41 Å². The second-order valence-corrected chi connectivity index (χ2v) is 12.5. The number of fused-ring (bicyclic) bond motifs is 1. The van der Waals surface area contributed by atoms with E-state index >= 15 is 0 Å². The second-order valence-electron chi connectivity index (χ2n) is 9.69. The Kier molecular flexibility index (Phi) is 12.5. The fourth-order valence-electron chi connectivity index (χ4n) is 4.02. The Hall–Kier alpha value is -4.96. The number of likely N-dealkylation sites (tertiary alicyclic amines) is 1. The number of hydrogen-bond donors (Lipinski definition) is 6. The molecule has 2 heterocycles. The Morgan fingerprint density at radius 3 is 1.98 bits per heavy atom. The SMILES string of the molecule is N=C(N)c1cc(CN2CC[C@H](N(CC(N)=O)S(=O)(=O)c3ccc4ccc(N)cc4c3)C2=O)cs1.O=C(O)C(F)(F)F.O=C(O)C(F)(F)F. The number of halogens is 6. The highest BCUT2D eigenvalue weighted by Gasteiger charge is 2.43. The highest BCUT2D eigenvalue weighted by molar-refractivity contribution is 7.89. The monoisotopic (exact) mass is 728 g/mol. The van der Waals surface area contributed by atoms with E-state index in [-0.39, 0.29) is 23.7 Å². The quantitative estimate of drug-likeness (QED) is 0.0854. The average molecular weight is 729 g/mol. The lowest BCUT2D eigenvalue weighted by Gasteiger charge is -2.26. The largest absolute Gasteiger partial charge is 0.490 e. The third kappa shape index (κ3) is 10.5. The first-order chi connectivity index (χ1) is 21.9. The van der Waals surface area contributed by atoms with Crippen LogP contribution in [0.3, 0.4) is 0 Å². The van der Waals surface area contributed by atoms with E-state index in [4.69, 9.17) is 42.4 Å². The van der Waals surface area contributed by atoms with Gasteiger partial charge in [-0.1, -0.05) is 12.1 Å². The molecule has 1 saturated heterocycles. The smallest absolute Gasteiger partial charge is 0.475 e. The van der Waals surface area contributed by atoms with Gasteiger partial charge < -0.3 is 32.3 Å². The van der Waals surface area contributed by atoms with Crippen LogP contribution >= 0.6 is 11.3 Å². The predicted molar refractivity (Wildman–Crippen MR) is 158 cm³/mol. The topological polar surface area (TPSA) is 251 Å². The molecular formula is C26H26F6N6O8S2. The molecule has 0 bridgehead atoms. The molecule has 0 saturated carbocycles. The van der Waals surface area contributed by atoms with Crippen molar-refractivity contribution in [2.75, 3.05) is 18.8 Å². The molecule has 2 aromatic carbocycles. The standard InChI is InChI=1S/C22H24N6O4S2.2C2HF3O2/c23-16-3-1-14-2-4-17(9-15(14)8-16)34(31,32)28(11-20(24)29)18-5-6-27(22(18)30)10-13-7-19(21(25)26)33-12-13;2*3-2(4,5)1(6)7/h1-4,7-9,12,18H,5-6,10-11,23H2,(H2,24,29)(H3,25,26);2*(H,6,7)/t18-;;/m0../s1. The van der Waals surface area contributed by atoms with Crippen LogP contribution in [-0.4, -0.2) is 88.9 Å². The van der Waals surface area contributed by atoms with Crippen LogP contribution in [-0.2, 0) is 35.7 Å². The van der Waals surface area contributed by atoms with Crippen molar-refractivity contribution >= 4 is 67.4 Å². The van der Waals surface area contributed by atoms with Gasteiger partial charge in [-0.15, -0.1) is 11.3 Å². The van der Waals surface area contributed by atoms with Crippen LogP contribution in [0.1, 0.15) is 16.9 Å². The van der Waals surface area contributed by atoms with E-state index in [0.29, 0.717) is 22.5 Å². The lowest BCUT2D eigenvalue weighted by atomic mass is 10.1. The number of alkyl halides is 6. The number of amides is 2. The number of hydrogen-bond acceptors (Lipinski definition) is 9. The number of nitrogens with two attached hydrogens (primary N) is 3. The molecule has 2 amide bonds. The number of carboxylic acids is 2. The number of aliphatic carboxylic acids is 2. The molecule has 0 radical (unpaired) electrons. The number of carboxylic acid groups (broad SMARTS) is 2. The van der Waals surface area contributed by atoms with E-state index in [9.17, 15) is 44.3 Å². The Labute approximate surface area is 270 Å². The molecule has 0 unspecified atom stereocenters. The molecule has 0 spiro atoms. The number of rotatable bonds is 8. The van der Waals surface area contributed by atoms with Crippen molar-refractivity contribution < 1.29 is 64.2 Å². The number of nitrogens with zero attached hydrogens (tertiary/aromatic N) is 2. The number of sulfonamides is 1. The first-order valence-electron chi connectivity index (χ1n) is 12.9. The summed E-state index contributed by atoms with van der Waals surface area (Å²) < 4.78 is 91.5. The van der Waals surface area contributed by atoms with Crippen molar-refractivity contribution in [2.45, 2.75) is 36.3 Å². The number of nitrogens with one attached hydrogen (secondary N) is 1. The van der Waals surface area contributed by atoms with Crippen molar-refractivity contribution in [1.29, 1.82) is 5.41 Å². The third-order valence-corrected chi connectivity index (χ3v) is 9.01. The molecule has 48 heavy (non-hydrogen) atoms. The maximum atomic E-state index is 13.6. The number of nitrogen functional groups attached to an aromatic ring is 2. The number of benzene rings is 2. The van der Waals surface area contributed by atoms with Crippen LogP contribution in [0.5, 0.6) is 0 Å². The maximum Gasteiger partial charge on any atom is 0.490 e. The van der Waals surface area contributed by atoms with Crippen molar-refractivity contribution in [3.63, 3.8) is 0 Å². The molecule has 4 rings (SSSR count). The first-order valence-corrected chi connectivity index (χ1v) is 15.2. The molecular weight excluding hydrogens is 702 g/mol. The summed E-state index contributed by atoms with van der Waals surface area (Å²) in [5.74, 6) is -6.84. The molecule has 1 aliphatic rings. The van der Waals surface area contributed by atoms with Gasteiger partial charge in [-0.2, -0.15) is 30.6 Å². The van der Waals surface area contributed by atoms with E-state index in [1.54, 1.807) is 35.7 Å². The van der Waals surface area contributed by atoms with Gasteiger partial charge in [0.2, 0.25) is 21.8 Å². The number of primary amides is 1. The van der Waals surface area contributed by atoms with Crippen LogP contribution in [0.4, 0.5) is 32.0 Å². The number of thiophene rings is 1. The molecule has 0 aliphatic carbocycles.